The number of carbonyl (C=O) groups is 1. The zero-order chi connectivity index (χ0) is 15.2. The van der Waals surface area contributed by atoms with Crippen molar-refractivity contribution in [3.8, 4) is 5.75 Å². The Labute approximate surface area is 133 Å². The SMILES string of the molecule is C=CCOc1ccccc1NC(=O)c1ccc(Cl)cc1Cl. The van der Waals surface area contributed by atoms with E-state index < -0.39 is 0 Å². The van der Waals surface area contributed by atoms with Crippen LogP contribution in [0, 0.1) is 0 Å². The van der Waals surface area contributed by atoms with E-state index in [4.69, 9.17) is 27.9 Å². The molecular formula is C16H13Cl2NO2. The number of hydrogen-bond acceptors (Lipinski definition) is 2. The van der Waals surface area contributed by atoms with Gasteiger partial charge in [0.15, 0.2) is 0 Å². The Bertz CT molecular complexity index is 671. The summed E-state index contributed by atoms with van der Waals surface area (Å²) in [6.07, 6.45) is 1.63. The van der Waals surface area contributed by atoms with Crippen molar-refractivity contribution in [1.82, 2.24) is 0 Å². The Balaban J connectivity index is 2.21. The Kier molecular flexibility index (Phi) is 5.26. The molecule has 0 saturated carbocycles. The molecule has 1 amide bonds. The van der Waals surface area contributed by atoms with Gasteiger partial charge in [-0.1, -0.05) is 48.0 Å². The highest BCUT2D eigenvalue weighted by Crippen LogP contribution is 2.26. The first-order valence-electron chi connectivity index (χ1n) is 6.21. The van der Waals surface area contributed by atoms with Gasteiger partial charge in [-0.3, -0.25) is 4.79 Å². The minimum atomic E-state index is -0.327. The first-order valence-corrected chi connectivity index (χ1v) is 6.96. The largest absolute Gasteiger partial charge is 0.487 e. The first kappa shape index (κ1) is 15.4. The smallest absolute Gasteiger partial charge is 0.257 e. The zero-order valence-electron chi connectivity index (χ0n) is 11.1. The van der Waals surface area contributed by atoms with E-state index in [0.29, 0.717) is 33.7 Å². The number of amides is 1. The molecule has 0 aliphatic carbocycles. The molecule has 0 saturated heterocycles. The van der Waals surface area contributed by atoms with Crippen molar-refractivity contribution in [1.29, 1.82) is 0 Å². The molecule has 3 nitrogen and oxygen atoms in total. The van der Waals surface area contributed by atoms with Gasteiger partial charge >= 0.3 is 0 Å². The topological polar surface area (TPSA) is 38.3 Å². The van der Waals surface area contributed by atoms with E-state index in [1.54, 1.807) is 36.4 Å². The maximum atomic E-state index is 12.3. The Morgan fingerprint density at radius 3 is 2.71 bits per heavy atom. The fourth-order valence-electron chi connectivity index (χ4n) is 1.71. The molecule has 0 aromatic heterocycles. The van der Waals surface area contributed by atoms with Crippen LogP contribution in [-0.4, -0.2) is 12.5 Å². The maximum Gasteiger partial charge on any atom is 0.257 e. The predicted octanol–water partition coefficient (Wildman–Crippen LogP) is 4.81. The molecule has 0 atom stereocenters. The van der Waals surface area contributed by atoms with Crippen LogP contribution in [-0.2, 0) is 0 Å². The molecule has 2 aromatic carbocycles. The van der Waals surface area contributed by atoms with Crippen LogP contribution >= 0.6 is 23.2 Å². The van der Waals surface area contributed by atoms with Gasteiger partial charge < -0.3 is 10.1 Å². The fourth-order valence-corrected chi connectivity index (χ4v) is 2.20. The molecule has 0 radical (unpaired) electrons. The molecule has 2 aromatic rings. The number of benzene rings is 2. The molecule has 0 aliphatic rings. The molecule has 0 fully saturated rings. The standard InChI is InChI=1S/C16H13Cl2NO2/c1-2-9-21-15-6-4-3-5-14(15)19-16(20)12-8-7-11(17)10-13(12)18/h2-8,10H,1,9H2,(H,19,20). The molecule has 21 heavy (non-hydrogen) atoms. The molecule has 108 valence electrons. The zero-order valence-corrected chi connectivity index (χ0v) is 12.6. The van der Waals surface area contributed by atoms with Gasteiger partial charge in [-0.05, 0) is 30.3 Å². The van der Waals surface area contributed by atoms with Crippen molar-refractivity contribution >= 4 is 34.8 Å². The molecule has 0 heterocycles. The third-order valence-corrected chi connectivity index (χ3v) is 3.22. The van der Waals surface area contributed by atoms with Gasteiger partial charge in [0.25, 0.3) is 5.91 Å². The van der Waals surface area contributed by atoms with Crippen molar-refractivity contribution in [2.24, 2.45) is 0 Å². The van der Waals surface area contributed by atoms with E-state index in [1.165, 1.54) is 6.07 Å². The third kappa shape index (κ3) is 4.00. The van der Waals surface area contributed by atoms with E-state index in [-0.39, 0.29) is 5.91 Å². The van der Waals surface area contributed by atoms with E-state index in [0.717, 1.165) is 0 Å². The minimum Gasteiger partial charge on any atom is -0.487 e. The normalized spacial score (nSPS) is 10.0. The highest BCUT2D eigenvalue weighted by Gasteiger charge is 2.13. The monoisotopic (exact) mass is 321 g/mol. The van der Waals surface area contributed by atoms with E-state index in [1.807, 2.05) is 6.07 Å². The average Bonchev–Trinajstić information content (AvgIpc) is 2.46. The van der Waals surface area contributed by atoms with Crippen molar-refractivity contribution in [3.63, 3.8) is 0 Å². The van der Waals surface area contributed by atoms with Gasteiger partial charge in [0.05, 0.1) is 16.3 Å². The van der Waals surface area contributed by atoms with Crippen molar-refractivity contribution in [3.05, 3.63) is 70.7 Å². The second-order valence-corrected chi connectivity index (χ2v) is 5.02. The summed E-state index contributed by atoms with van der Waals surface area (Å²) >= 11 is 11.8. The molecule has 1 N–H and O–H groups in total. The molecule has 0 bridgehead atoms. The summed E-state index contributed by atoms with van der Waals surface area (Å²) in [4.78, 5) is 12.3. The lowest BCUT2D eigenvalue weighted by Crippen LogP contribution is -2.13. The first-order chi connectivity index (χ1) is 10.1. The van der Waals surface area contributed by atoms with Gasteiger partial charge in [0, 0.05) is 5.02 Å². The van der Waals surface area contributed by atoms with E-state index in [2.05, 4.69) is 11.9 Å². The summed E-state index contributed by atoms with van der Waals surface area (Å²) in [5, 5.41) is 3.54. The fraction of sp³-hybridized carbons (Fsp3) is 0.0625. The number of ether oxygens (including phenoxy) is 1. The summed E-state index contributed by atoms with van der Waals surface area (Å²) in [6.45, 7) is 3.95. The molecule has 5 heteroatoms. The average molecular weight is 322 g/mol. The third-order valence-electron chi connectivity index (χ3n) is 2.67. The predicted molar refractivity (Wildman–Crippen MR) is 86.5 cm³/mol. The molecule has 0 aliphatic heterocycles. The second-order valence-electron chi connectivity index (χ2n) is 4.17. The lowest BCUT2D eigenvalue weighted by molar-refractivity contribution is 0.102. The summed E-state index contributed by atoms with van der Waals surface area (Å²) in [5.74, 6) is 0.238. The summed E-state index contributed by atoms with van der Waals surface area (Å²) in [6, 6.07) is 11.9. The van der Waals surface area contributed by atoms with Crippen LogP contribution in [0.4, 0.5) is 5.69 Å². The number of anilines is 1. The summed E-state index contributed by atoms with van der Waals surface area (Å²) in [7, 11) is 0. The van der Waals surface area contributed by atoms with E-state index >= 15 is 0 Å². The summed E-state index contributed by atoms with van der Waals surface area (Å²) < 4.78 is 5.49. The lowest BCUT2D eigenvalue weighted by Gasteiger charge is -2.12. The van der Waals surface area contributed by atoms with Crippen LogP contribution in [0.3, 0.4) is 0 Å². The van der Waals surface area contributed by atoms with Gasteiger partial charge in [0.1, 0.15) is 12.4 Å². The number of nitrogens with one attached hydrogen (secondary N) is 1. The molecular weight excluding hydrogens is 309 g/mol. The van der Waals surface area contributed by atoms with Crippen molar-refractivity contribution in [2.45, 2.75) is 0 Å². The maximum absolute atomic E-state index is 12.3. The van der Waals surface area contributed by atoms with Crippen molar-refractivity contribution in [2.75, 3.05) is 11.9 Å². The van der Waals surface area contributed by atoms with Gasteiger partial charge in [-0.15, -0.1) is 0 Å². The quantitative estimate of drug-likeness (QED) is 0.802. The second kappa shape index (κ2) is 7.16. The number of rotatable bonds is 5. The van der Waals surface area contributed by atoms with Gasteiger partial charge in [0.2, 0.25) is 0 Å². The molecule has 0 spiro atoms. The van der Waals surface area contributed by atoms with Crippen LogP contribution in [0.25, 0.3) is 0 Å². The minimum absolute atomic E-state index is 0.296. The Hall–Kier alpha value is -1.97. The number of halogens is 2. The van der Waals surface area contributed by atoms with Crippen LogP contribution in [0.1, 0.15) is 10.4 Å². The Morgan fingerprint density at radius 2 is 2.00 bits per heavy atom. The lowest BCUT2D eigenvalue weighted by atomic mass is 10.2. The van der Waals surface area contributed by atoms with Crippen LogP contribution in [0.15, 0.2) is 55.1 Å². The Morgan fingerprint density at radius 1 is 1.24 bits per heavy atom. The van der Waals surface area contributed by atoms with Gasteiger partial charge in [-0.25, -0.2) is 0 Å². The van der Waals surface area contributed by atoms with Crippen LogP contribution in [0.2, 0.25) is 10.0 Å². The number of para-hydroxylation sites is 2. The molecule has 0 unspecified atom stereocenters. The van der Waals surface area contributed by atoms with Crippen LogP contribution < -0.4 is 10.1 Å². The van der Waals surface area contributed by atoms with Crippen molar-refractivity contribution < 1.29 is 9.53 Å². The highest BCUT2D eigenvalue weighted by molar-refractivity contribution is 6.37. The number of carbonyl (C=O) groups excluding carboxylic acids is 1. The van der Waals surface area contributed by atoms with E-state index in [9.17, 15) is 4.79 Å². The number of hydrogen-bond donors (Lipinski definition) is 1. The molecule has 2 rings (SSSR count). The van der Waals surface area contributed by atoms with Crippen LogP contribution in [0.5, 0.6) is 5.75 Å². The summed E-state index contributed by atoms with van der Waals surface area (Å²) in [5.41, 5.74) is 0.912. The highest BCUT2D eigenvalue weighted by atomic mass is 35.5. The van der Waals surface area contributed by atoms with Gasteiger partial charge in [-0.2, -0.15) is 0 Å².